The molecule has 0 aliphatic carbocycles. The summed E-state index contributed by atoms with van der Waals surface area (Å²) in [6, 6.07) is 1.77. The topological polar surface area (TPSA) is 70.1 Å². The highest BCUT2D eigenvalue weighted by Gasteiger charge is 2.09. The smallest absolute Gasteiger partial charge is 0.259 e. The summed E-state index contributed by atoms with van der Waals surface area (Å²) in [5.41, 5.74) is 5.55. The van der Waals surface area contributed by atoms with E-state index >= 15 is 0 Å². The molecule has 1 rings (SSSR count). The SMILES string of the molecule is CN1C=CC(=C(C#N)C(N)=O)C=C1. The number of primary amides is 1. The van der Waals surface area contributed by atoms with Crippen molar-refractivity contribution in [2.75, 3.05) is 7.05 Å². The Balaban J connectivity index is 3.07. The molecule has 1 aliphatic rings. The molecule has 0 spiro atoms. The van der Waals surface area contributed by atoms with Crippen molar-refractivity contribution in [2.24, 2.45) is 5.73 Å². The molecule has 0 unspecified atom stereocenters. The molecule has 1 heterocycles. The number of carbonyl (C=O) groups excluding carboxylic acids is 1. The number of hydrogen-bond acceptors (Lipinski definition) is 3. The lowest BCUT2D eigenvalue weighted by Crippen LogP contribution is -2.15. The Bertz CT molecular complexity index is 342. The summed E-state index contributed by atoms with van der Waals surface area (Å²) in [6.45, 7) is 0. The summed E-state index contributed by atoms with van der Waals surface area (Å²) in [4.78, 5) is 12.6. The van der Waals surface area contributed by atoms with Gasteiger partial charge >= 0.3 is 0 Å². The number of carbonyl (C=O) groups is 1. The van der Waals surface area contributed by atoms with Gasteiger partial charge in [-0.2, -0.15) is 5.26 Å². The summed E-state index contributed by atoms with van der Waals surface area (Å²) < 4.78 is 0. The van der Waals surface area contributed by atoms with Crippen LogP contribution in [0.2, 0.25) is 0 Å². The third-order valence-corrected chi connectivity index (χ3v) is 1.63. The van der Waals surface area contributed by atoms with Gasteiger partial charge in [0.2, 0.25) is 0 Å². The maximum Gasteiger partial charge on any atom is 0.259 e. The van der Waals surface area contributed by atoms with Crippen molar-refractivity contribution < 1.29 is 4.79 Å². The summed E-state index contributed by atoms with van der Waals surface area (Å²) in [7, 11) is 1.85. The fraction of sp³-hybridized carbons (Fsp3) is 0.111. The van der Waals surface area contributed by atoms with Crippen LogP contribution in [0, 0.1) is 11.3 Å². The maximum absolute atomic E-state index is 10.8. The van der Waals surface area contributed by atoms with Crippen molar-refractivity contribution in [2.45, 2.75) is 0 Å². The van der Waals surface area contributed by atoms with Gasteiger partial charge in [0.1, 0.15) is 11.6 Å². The van der Waals surface area contributed by atoms with E-state index in [2.05, 4.69) is 0 Å². The van der Waals surface area contributed by atoms with Crippen molar-refractivity contribution in [3.05, 3.63) is 35.7 Å². The van der Waals surface area contributed by atoms with E-state index in [1.807, 2.05) is 7.05 Å². The van der Waals surface area contributed by atoms with Gasteiger partial charge < -0.3 is 10.6 Å². The van der Waals surface area contributed by atoms with E-state index in [-0.39, 0.29) is 5.57 Å². The standard InChI is InChI=1S/C9H9N3O/c1-12-4-2-7(3-5-12)8(6-10)9(11)13/h2-5H,1H3,(H2,11,13). The van der Waals surface area contributed by atoms with E-state index in [4.69, 9.17) is 11.0 Å². The molecule has 0 radical (unpaired) electrons. The lowest BCUT2D eigenvalue weighted by molar-refractivity contribution is -0.114. The molecular weight excluding hydrogens is 166 g/mol. The largest absolute Gasteiger partial charge is 0.365 e. The van der Waals surface area contributed by atoms with Gasteiger partial charge in [0.25, 0.3) is 5.91 Å². The first-order valence-electron chi connectivity index (χ1n) is 3.67. The van der Waals surface area contributed by atoms with Crippen LogP contribution in [0.4, 0.5) is 0 Å². The molecule has 0 atom stereocenters. The molecule has 0 fully saturated rings. The van der Waals surface area contributed by atoms with Crippen molar-refractivity contribution in [1.82, 2.24) is 4.90 Å². The lowest BCUT2D eigenvalue weighted by atomic mass is 10.1. The zero-order valence-corrected chi connectivity index (χ0v) is 7.19. The Morgan fingerprint density at radius 1 is 1.54 bits per heavy atom. The quantitative estimate of drug-likeness (QED) is 0.459. The fourth-order valence-electron chi connectivity index (χ4n) is 0.930. The van der Waals surface area contributed by atoms with Gasteiger partial charge in [-0.05, 0) is 12.2 Å². The Morgan fingerprint density at radius 3 is 2.46 bits per heavy atom. The third kappa shape index (κ3) is 1.97. The highest BCUT2D eigenvalue weighted by Crippen LogP contribution is 2.12. The second-order valence-electron chi connectivity index (χ2n) is 2.60. The van der Waals surface area contributed by atoms with E-state index in [0.29, 0.717) is 5.57 Å². The molecule has 4 heteroatoms. The van der Waals surface area contributed by atoms with E-state index in [1.165, 1.54) is 0 Å². The third-order valence-electron chi connectivity index (χ3n) is 1.63. The van der Waals surface area contributed by atoms with Crippen LogP contribution >= 0.6 is 0 Å². The Hall–Kier alpha value is -2.02. The number of nitrogens with zero attached hydrogens (tertiary/aromatic N) is 2. The summed E-state index contributed by atoms with van der Waals surface area (Å²) in [5, 5.41) is 8.62. The van der Waals surface area contributed by atoms with E-state index in [1.54, 1.807) is 35.5 Å². The number of rotatable bonds is 1. The van der Waals surface area contributed by atoms with Gasteiger partial charge in [-0.1, -0.05) is 0 Å². The van der Waals surface area contributed by atoms with E-state index < -0.39 is 5.91 Å². The molecule has 4 nitrogen and oxygen atoms in total. The molecule has 0 aromatic carbocycles. The van der Waals surface area contributed by atoms with Gasteiger partial charge in [0, 0.05) is 25.0 Å². The Kier molecular flexibility index (Phi) is 2.50. The zero-order chi connectivity index (χ0) is 9.84. The highest BCUT2D eigenvalue weighted by atomic mass is 16.1. The fourth-order valence-corrected chi connectivity index (χ4v) is 0.930. The Labute approximate surface area is 76.2 Å². The molecule has 0 aromatic rings. The molecule has 1 aliphatic heterocycles. The van der Waals surface area contributed by atoms with Crippen LogP contribution < -0.4 is 5.73 Å². The van der Waals surface area contributed by atoms with Gasteiger partial charge in [-0.3, -0.25) is 4.79 Å². The zero-order valence-electron chi connectivity index (χ0n) is 7.19. The number of amides is 1. The van der Waals surface area contributed by atoms with Gasteiger partial charge in [0.15, 0.2) is 0 Å². The van der Waals surface area contributed by atoms with Crippen LogP contribution in [0.1, 0.15) is 0 Å². The number of nitriles is 1. The number of nitrogens with two attached hydrogens (primary N) is 1. The monoisotopic (exact) mass is 175 g/mol. The molecule has 66 valence electrons. The minimum atomic E-state index is -0.698. The van der Waals surface area contributed by atoms with Crippen LogP contribution in [-0.2, 0) is 4.79 Å². The maximum atomic E-state index is 10.8. The predicted molar refractivity (Wildman–Crippen MR) is 47.9 cm³/mol. The van der Waals surface area contributed by atoms with Crippen molar-refractivity contribution >= 4 is 5.91 Å². The highest BCUT2D eigenvalue weighted by molar-refractivity contribution is 5.97. The molecule has 0 bridgehead atoms. The van der Waals surface area contributed by atoms with E-state index in [9.17, 15) is 4.79 Å². The first-order chi connectivity index (χ1) is 6.15. The second kappa shape index (κ2) is 3.59. The van der Waals surface area contributed by atoms with Crippen LogP contribution in [0.3, 0.4) is 0 Å². The van der Waals surface area contributed by atoms with Gasteiger partial charge in [-0.25, -0.2) is 0 Å². The van der Waals surface area contributed by atoms with E-state index in [0.717, 1.165) is 0 Å². The minimum Gasteiger partial charge on any atom is -0.365 e. The summed E-state index contributed by atoms with van der Waals surface area (Å²) in [5.74, 6) is -0.698. The molecule has 0 aromatic heterocycles. The van der Waals surface area contributed by atoms with Crippen LogP contribution in [0.15, 0.2) is 35.7 Å². The number of hydrogen-bond donors (Lipinski definition) is 1. The molecule has 2 N–H and O–H groups in total. The molecular formula is C9H9N3O. The average molecular weight is 175 g/mol. The van der Waals surface area contributed by atoms with Crippen LogP contribution in [-0.4, -0.2) is 17.9 Å². The normalized spacial score (nSPS) is 14.2. The van der Waals surface area contributed by atoms with Crippen LogP contribution in [0.25, 0.3) is 0 Å². The Morgan fingerprint density at radius 2 is 2.08 bits per heavy atom. The molecule has 0 saturated heterocycles. The molecule has 0 saturated carbocycles. The second-order valence-corrected chi connectivity index (χ2v) is 2.60. The summed E-state index contributed by atoms with van der Waals surface area (Å²) >= 11 is 0. The van der Waals surface area contributed by atoms with Crippen molar-refractivity contribution in [3.63, 3.8) is 0 Å². The first kappa shape index (κ1) is 9.07. The number of allylic oxidation sites excluding steroid dienone is 3. The van der Waals surface area contributed by atoms with Gasteiger partial charge in [0.05, 0.1) is 0 Å². The van der Waals surface area contributed by atoms with Crippen molar-refractivity contribution in [1.29, 1.82) is 5.26 Å². The minimum absolute atomic E-state index is 0.0133. The summed E-state index contributed by atoms with van der Waals surface area (Å²) in [6.07, 6.45) is 6.83. The first-order valence-corrected chi connectivity index (χ1v) is 3.67. The lowest BCUT2D eigenvalue weighted by Gasteiger charge is -2.12. The average Bonchev–Trinajstić information content (AvgIpc) is 2.09. The van der Waals surface area contributed by atoms with Gasteiger partial charge in [-0.15, -0.1) is 0 Å². The predicted octanol–water partition coefficient (Wildman–Crippen LogP) is 0.265. The van der Waals surface area contributed by atoms with Crippen molar-refractivity contribution in [3.8, 4) is 6.07 Å². The molecule has 1 amide bonds. The molecule has 13 heavy (non-hydrogen) atoms. The van der Waals surface area contributed by atoms with Crippen LogP contribution in [0.5, 0.6) is 0 Å².